The van der Waals surface area contributed by atoms with Crippen LogP contribution in [0.25, 0.3) is 0 Å². The van der Waals surface area contributed by atoms with Gasteiger partial charge in [-0.15, -0.1) is 0 Å². The van der Waals surface area contributed by atoms with E-state index in [1.807, 2.05) is 24.3 Å². The fourth-order valence-corrected chi connectivity index (χ4v) is 13.7. The molecule has 1 aromatic carbocycles. The third-order valence-corrected chi connectivity index (χ3v) is 16.6. The topological polar surface area (TPSA) is 119 Å². The summed E-state index contributed by atoms with van der Waals surface area (Å²) in [7, 11) is 0. The lowest BCUT2D eigenvalue weighted by Crippen LogP contribution is -2.66. The molecule has 0 radical (unpaired) electrons. The Balaban J connectivity index is 1.30. The first-order chi connectivity index (χ1) is 25.5. The molecule has 5 aliphatic rings. The number of carboxylic acids is 1. The van der Waals surface area contributed by atoms with Crippen LogP contribution in [0, 0.1) is 56.2 Å². The number of nitrogens with one attached hydrogen (secondary N) is 1. The summed E-state index contributed by atoms with van der Waals surface area (Å²) in [5.41, 5.74) is 1.31. The fraction of sp³-hybridized carbons (Fsp3) is 0.739. The number of benzene rings is 1. The number of fused-ring (bicyclic) bond motifs is 7. The minimum absolute atomic E-state index is 0.0148. The predicted octanol–water partition coefficient (Wildman–Crippen LogP) is 9.75. The monoisotopic (exact) mass is 779 g/mol. The molecule has 4 fully saturated rings. The normalized spacial score (nSPS) is 36.0. The number of Topliss-reactive ketones (excluding diaryl/α,β-unsaturated/α-hetero) is 1. The molecule has 0 saturated heterocycles. The van der Waals surface area contributed by atoms with E-state index in [2.05, 4.69) is 53.8 Å². The number of ketones is 1. The van der Waals surface area contributed by atoms with Crippen molar-refractivity contribution in [3.8, 4) is 0 Å². The number of hydrogen-bond donors (Lipinski definition) is 2. The SMILES string of the molecule is CC(=O)O[C@H](CNCc1cccc(Cl)c1)[C@@]12CC[C@]3(C)[C@H](CC[C@@H]4[C@@]5(C)CC[C@H](OC(=O)CC(C)(C)C(=O)O)C(C)(C)[C@@H]5CC[C@]43C)C1=C(C(C)C)C(=O)C2. The molecule has 9 atom stereocenters. The van der Waals surface area contributed by atoms with E-state index in [4.69, 9.17) is 21.1 Å². The zero-order valence-corrected chi connectivity index (χ0v) is 35.8. The van der Waals surface area contributed by atoms with Gasteiger partial charge in [-0.1, -0.05) is 72.2 Å². The Bertz CT molecular complexity index is 1750. The number of carbonyl (C=O) groups excluding carboxylic acids is 3. The first kappa shape index (κ1) is 41.9. The largest absolute Gasteiger partial charge is 0.481 e. The number of carboxylic acid groups (broad SMARTS) is 1. The molecule has 0 spiro atoms. The van der Waals surface area contributed by atoms with Gasteiger partial charge in [0, 0.05) is 42.3 Å². The second kappa shape index (κ2) is 14.6. The molecule has 0 bridgehead atoms. The van der Waals surface area contributed by atoms with Crippen molar-refractivity contribution in [2.75, 3.05) is 6.54 Å². The summed E-state index contributed by atoms with van der Waals surface area (Å²) in [6.45, 7) is 22.1. The van der Waals surface area contributed by atoms with Crippen LogP contribution in [0.5, 0.6) is 0 Å². The minimum atomic E-state index is -1.18. The highest BCUT2D eigenvalue weighted by atomic mass is 35.5. The molecule has 0 heterocycles. The molecule has 0 unspecified atom stereocenters. The molecule has 1 aromatic rings. The van der Waals surface area contributed by atoms with Gasteiger partial charge in [0.05, 0.1) is 11.8 Å². The van der Waals surface area contributed by atoms with Crippen LogP contribution < -0.4 is 5.32 Å². The fourth-order valence-electron chi connectivity index (χ4n) is 13.4. The van der Waals surface area contributed by atoms with Crippen LogP contribution >= 0.6 is 11.6 Å². The van der Waals surface area contributed by atoms with Gasteiger partial charge in [-0.3, -0.25) is 19.2 Å². The Hall–Kier alpha value is -2.71. The standard InChI is InChI=1S/C46H66ClNO7/c1-27(2)38-32(50)23-46(36(54-28(3)49)26-48-25-29-12-11-13-30(47)22-29)21-20-44(9)31(39(38)46)14-15-34-43(8)18-17-35(55-37(51)24-41(4,5)40(52)53)42(6,7)33(43)16-19-45(34,44)10/h11-13,22,27,31,33-36,48H,14-21,23-26H2,1-10H3,(H,52,53)/t31-,33+,34-,35+,36-,43+,44-,45-,46+/m1/s1. The maximum atomic E-state index is 14.3. The highest BCUT2D eigenvalue weighted by Gasteiger charge is 2.71. The van der Waals surface area contributed by atoms with Crippen molar-refractivity contribution in [3.63, 3.8) is 0 Å². The Morgan fingerprint density at radius 2 is 1.67 bits per heavy atom. The van der Waals surface area contributed by atoms with Gasteiger partial charge in [0.15, 0.2) is 5.78 Å². The lowest BCUT2D eigenvalue weighted by molar-refractivity contribution is -0.235. The van der Waals surface area contributed by atoms with Crippen LogP contribution in [0.2, 0.25) is 5.02 Å². The minimum Gasteiger partial charge on any atom is -0.481 e. The second-order valence-electron chi connectivity index (χ2n) is 20.4. The lowest BCUT2D eigenvalue weighted by atomic mass is 9.33. The van der Waals surface area contributed by atoms with Gasteiger partial charge < -0.3 is 19.9 Å². The first-order valence-electron chi connectivity index (χ1n) is 20.9. The van der Waals surface area contributed by atoms with Crippen LogP contribution in [0.3, 0.4) is 0 Å². The van der Waals surface area contributed by atoms with E-state index in [0.717, 1.165) is 62.5 Å². The molecule has 0 amide bonds. The van der Waals surface area contributed by atoms with E-state index in [-0.39, 0.29) is 57.8 Å². The third-order valence-electron chi connectivity index (χ3n) is 16.3. The van der Waals surface area contributed by atoms with Crippen molar-refractivity contribution in [3.05, 3.63) is 46.0 Å². The van der Waals surface area contributed by atoms with Gasteiger partial charge in [-0.05, 0) is 134 Å². The molecule has 0 aromatic heterocycles. The van der Waals surface area contributed by atoms with Crippen molar-refractivity contribution in [1.29, 1.82) is 0 Å². The molecule has 55 heavy (non-hydrogen) atoms. The first-order valence-corrected chi connectivity index (χ1v) is 21.2. The summed E-state index contributed by atoms with van der Waals surface area (Å²) in [6.07, 6.45) is 7.12. The van der Waals surface area contributed by atoms with Crippen LogP contribution in [-0.2, 0) is 35.2 Å². The number of allylic oxidation sites excluding steroid dienone is 1. The number of carbonyl (C=O) groups is 4. The lowest BCUT2D eigenvalue weighted by Gasteiger charge is -2.72. The molecular formula is C46H66ClNO7. The van der Waals surface area contributed by atoms with Crippen molar-refractivity contribution in [1.82, 2.24) is 5.32 Å². The molecule has 5 aliphatic carbocycles. The third kappa shape index (κ3) is 6.91. The van der Waals surface area contributed by atoms with Gasteiger partial charge in [-0.25, -0.2) is 0 Å². The zero-order valence-electron chi connectivity index (χ0n) is 35.0. The maximum Gasteiger partial charge on any atom is 0.309 e. The Kier molecular flexibility index (Phi) is 11.1. The van der Waals surface area contributed by atoms with Crippen LogP contribution in [0.1, 0.15) is 139 Å². The van der Waals surface area contributed by atoms with Gasteiger partial charge in [-0.2, -0.15) is 0 Å². The average Bonchev–Trinajstić information content (AvgIpc) is 3.38. The molecular weight excluding hydrogens is 714 g/mol. The van der Waals surface area contributed by atoms with Crippen molar-refractivity contribution in [2.24, 2.45) is 56.2 Å². The number of aliphatic carboxylic acids is 1. The summed E-state index contributed by atoms with van der Waals surface area (Å²) >= 11 is 6.29. The summed E-state index contributed by atoms with van der Waals surface area (Å²) in [6, 6.07) is 7.77. The number of rotatable bonds is 11. The molecule has 0 aliphatic heterocycles. The van der Waals surface area contributed by atoms with Gasteiger partial charge in [0.1, 0.15) is 12.2 Å². The molecule has 9 heteroatoms. The Labute approximate surface area is 334 Å². The molecule has 2 N–H and O–H groups in total. The van der Waals surface area contributed by atoms with Crippen LogP contribution in [0.4, 0.5) is 0 Å². The van der Waals surface area contributed by atoms with E-state index >= 15 is 0 Å². The smallest absolute Gasteiger partial charge is 0.309 e. The van der Waals surface area contributed by atoms with Crippen LogP contribution in [-0.4, -0.2) is 47.6 Å². The number of esters is 2. The maximum absolute atomic E-state index is 14.3. The van der Waals surface area contributed by atoms with Crippen LogP contribution in [0.15, 0.2) is 35.4 Å². The van der Waals surface area contributed by atoms with E-state index in [1.165, 1.54) is 12.5 Å². The van der Waals surface area contributed by atoms with E-state index in [9.17, 15) is 24.3 Å². The number of hydrogen-bond acceptors (Lipinski definition) is 7. The van der Waals surface area contributed by atoms with Crippen molar-refractivity contribution in [2.45, 2.75) is 152 Å². The molecule has 4 saturated carbocycles. The number of ether oxygens (including phenoxy) is 2. The Morgan fingerprint density at radius 1 is 0.964 bits per heavy atom. The summed E-state index contributed by atoms with van der Waals surface area (Å²) in [5.74, 6) is -0.454. The zero-order chi connectivity index (χ0) is 40.5. The van der Waals surface area contributed by atoms with Crippen molar-refractivity contribution < 1.29 is 33.8 Å². The van der Waals surface area contributed by atoms with Gasteiger partial charge >= 0.3 is 17.9 Å². The summed E-state index contributed by atoms with van der Waals surface area (Å²) < 4.78 is 12.5. The van der Waals surface area contributed by atoms with E-state index in [0.29, 0.717) is 36.4 Å². The molecule has 304 valence electrons. The van der Waals surface area contributed by atoms with Gasteiger partial charge in [0.25, 0.3) is 0 Å². The second-order valence-corrected chi connectivity index (χ2v) is 20.9. The predicted molar refractivity (Wildman–Crippen MR) is 214 cm³/mol. The highest BCUT2D eigenvalue weighted by Crippen LogP contribution is 2.77. The molecule has 6 rings (SSSR count). The summed E-state index contributed by atoms with van der Waals surface area (Å²) in [4.78, 5) is 52.0. The number of halogens is 1. The summed E-state index contributed by atoms with van der Waals surface area (Å²) in [5, 5.41) is 13.9. The van der Waals surface area contributed by atoms with Gasteiger partial charge in [0.2, 0.25) is 0 Å². The quantitative estimate of drug-likeness (QED) is 0.213. The van der Waals surface area contributed by atoms with E-state index in [1.54, 1.807) is 13.8 Å². The average molecular weight is 780 g/mol. The Morgan fingerprint density at radius 3 is 2.31 bits per heavy atom. The molecule has 8 nitrogen and oxygen atoms in total. The van der Waals surface area contributed by atoms with E-state index < -0.39 is 28.9 Å². The highest BCUT2D eigenvalue weighted by molar-refractivity contribution is 6.30. The van der Waals surface area contributed by atoms with Crippen molar-refractivity contribution >= 4 is 35.3 Å².